The summed E-state index contributed by atoms with van der Waals surface area (Å²) in [5, 5.41) is 0. The molecule has 0 bridgehead atoms. The minimum absolute atomic E-state index is 0.176. The standard InChI is InChI=1S/C16H18ClNO3/c17-16(8-9-16)7-6-14(19)18-13(11-21-15(18)20)10-12-4-2-1-3-5-12/h1-5,13H,6-11H2/t13-/m1/s1. The van der Waals surface area contributed by atoms with Crippen molar-refractivity contribution in [1.29, 1.82) is 0 Å². The summed E-state index contributed by atoms with van der Waals surface area (Å²) >= 11 is 6.21. The Hall–Kier alpha value is -1.55. The van der Waals surface area contributed by atoms with E-state index in [0.29, 0.717) is 19.3 Å². The van der Waals surface area contributed by atoms with Crippen molar-refractivity contribution in [1.82, 2.24) is 4.90 Å². The molecule has 1 heterocycles. The summed E-state index contributed by atoms with van der Waals surface area (Å²) in [5.41, 5.74) is 1.09. The van der Waals surface area contributed by atoms with E-state index in [1.54, 1.807) is 0 Å². The van der Waals surface area contributed by atoms with E-state index in [9.17, 15) is 9.59 Å². The first-order valence-corrected chi connectivity index (χ1v) is 7.67. The molecular weight excluding hydrogens is 290 g/mol. The Kier molecular flexibility index (Phi) is 3.89. The van der Waals surface area contributed by atoms with Crippen molar-refractivity contribution in [3.05, 3.63) is 35.9 Å². The smallest absolute Gasteiger partial charge is 0.416 e. The number of hydrogen-bond acceptors (Lipinski definition) is 3. The lowest BCUT2D eigenvalue weighted by molar-refractivity contribution is -0.129. The Labute approximate surface area is 129 Å². The number of alkyl halides is 1. The van der Waals surface area contributed by atoms with Gasteiger partial charge in [-0.2, -0.15) is 0 Å². The quantitative estimate of drug-likeness (QED) is 0.785. The summed E-state index contributed by atoms with van der Waals surface area (Å²) in [6.45, 7) is 0.269. The molecule has 0 aromatic heterocycles. The molecule has 1 saturated carbocycles. The molecule has 0 unspecified atom stereocenters. The van der Waals surface area contributed by atoms with Crippen LogP contribution < -0.4 is 0 Å². The highest BCUT2D eigenvalue weighted by Crippen LogP contribution is 2.46. The Morgan fingerprint density at radius 1 is 1.33 bits per heavy atom. The van der Waals surface area contributed by atoms with Gasteiger partial charge in [0, 0.05) is 11.3 Å². The molecule has 1 atom stereocenters. The lowest BCUT2D eigenvalue weighted by Gasteiger charge is -2.20. The summed E-state index contributed by atoms with van der Waals surface area (Å²) in [6, 6.07) is 9.61. The van der Waals surface area contributed by atoms with E-state index in [1.165, 1.54) is 4.90 Å². The maximum atomic E-state index is 12.3. The molecule has 5 heteroatoms. The van der Waals surface area contributed by atoms with Crippen LogP contribution in [0, 0.1) is 0 Å². The highest BCUT2D eigenvalue weighted by molar-refractivity contribution is 6.25. The third kappa shape index (κ3) is 3.38. The molecule has 21 heavy (non-hydrogen) atoms. The van der Waals surface area contributed by atoms with Crippen LogP contribution in [0.2, 0.25) is 0 Å². The fraction of sp³-hybridized carbons (Fsp3) is 0.500. The molecule has 2 amide bonds. The topological polar surface area (TPSA) is 46.6 Å². The third-order valence-corrected chi connectivity index (χ3v) is 4.69. The van der Waals surface area contributed by atoms with Gasteiger partial charge in [-0.25, -0.2) is 9.69 Å². The van der Waals surface area contributed by atoms with Gasteiger partial charge in [-0.1, -0.05) is 30.3 Å². The van der Waals surface area contributed by atoms with Gasteiger partial charge in [0.05, 0.1) is 6.04 Å². The van der Waals surface area contributed by atoms with Gasteiger partial charge >= 0.3 is 6.09 Å². The molecule has 0 spiro atoms. The molecule has 3 rings (SSSR count). The van der Waals surface area contributed by atoms with Crippen molar-refractivity contribution in [3.8, 4) is 0 Å². The Morgan fingerprint density at radius 2 is 2.05 bits per heavy atom. The Morgan fingerprint density at radius 3 is 2.71 bits per heavy atom. The number of cyclic esters (lactones) is 1. The summed E-state index contributed by atoms with van der Waals surface area (Å²) < 4.78 is 5.05. The predicted octanol–water partition coefficient (Wildman–Crippen LogP) is 3.13. The molecule has 2 aliphatic rings. The first kappa shape index (κ1) is 14.4. The zero-order chi connectivity index (χ0) is 14.9. The molecule has 1 saturated heterocycles. The molecule has 1 aliphatic heterocycles. The Balaban J connectivity index is 1.63. The first-order valence-electron chi connectivity index (χ1n) is 7.29. The number of benzene rings is 1. The monoisotopic (exact) mass is 307 g/mol. The molecule has 4 nitrogen and oxygen atoms in total. The van der Waals surface area contributed by atoms with Gasteiger partial charge < -0.3 is 4.74 Å². The minimum atomic E-state index is -0.527. The van der Waals surface area contributed by atoms with E-state index in [1.807, 2.05) is 30.3 Å². The van der Waals surface area contributed by atoms with Crippen LogP contribution in [-0.2, 0) is 16.0 Å². The molecule has 112 valence electrons. The summed E-state index contributed by atoms with van der Waals surface area (Å²) in [7, 11) is 0. The van der Waals surface area contributed by atoms with Crippen molar-refractivity contribution >= 4 is 23.6 Å². The summed E-state index contributed by atoms with van der Waals surface area (Å²) in [6.07, 6.45) is 2.96. The fourth-order valence-corrected chi connectivity index (χ4v) is 2.83. The normalized spacial score (nSPS) is 23.0. The van der Waals surface area contributed by atoms with E-state index in [2.05, 4.69) is 0 Å². The number of carbonyl (C=O) groups excluding carboxylic acids is 2. The largest absolute Gasteiger partial charge is 0.447 e. The second-order valence-corrected chi connectivity index (χ2v) is 6.64. The van der Waals surface area contributed by atoms with Crippen LogP contribution in [0.3, 0.4) is 0 Å². The van der Waals surface area contributed by atoms with Crippen molar-refractivity contribution in [3.63, 3.8) is 0 Å². The maximum Gasteiger partial charge on any atom is 0.416 e. The minimum Gasteiger partial charge on any atom is -0.447 e. The molecule has 1 aromatic carbocycles. The third-order valence-electron chi connectivity index (χ3n) is 4.12. The van der Waals surface area contributed by atoms with Gasteiger partial charge in [0.25, 0.3) is 0 Å². The number of rotatable bonds is 5. The van der Waals surface area contributed by atoms with Gasteiger partial charge in [0.15, 0.2) is 0 Å². The summed E-state index contributed by atoms with van der Waals surface area (Å²) in [5.74, 6) is -0.176. The number of carbonyl (C=O) groups is 2. The highest BCUT2D eigenvalue weighted by atomic mass is 35.5. The second kappa shape index (κ2) is 5.68. The van der Waals surface area contributed by atoms with E-state index >= 15 is 0 Å². The van der Waals surface area contributed by atoms with Crippen LogP contribution in [0.15, 0.2) is 30.3 Å². The van der Waals surface area contributed by atoms with Gasteiger partial charge in [0.1, 0.15) is 6.61 Å². The molecule has 2 fully saturated rings. The molecule has 1 aliphatic carbocycles. The van der Waals surface area contributed by atoms with Crippen molar-refractivity contribution in [2.45, 2.75) is 43.0 Å². The highest BCUT2D eigenvalue weighted by Gasteiger charge is 2.43. The average molecular weight is 308 g/mol. The van der Waals surface area contributed by atoms with Gasteiger partial charge in [-0.05, 0) is 31.2 Å². The lowest BCUT2D eigenvalue weighted by Crippen LogP contribution is -2.40. The van der Waals surface area contributed by atoms with Gasteiger partial charge in [0.2, 0.25) is 5.91 Å². The maximum absolute atomic E-state index is 12.3. The van der Waals surface area contributed by atoms with Crippen molar-refractivity contribution < 1.29 is 14.3 Å². The second-order valence-electron chi connectivity index (χ2n) is 5.84. The molecule has 0 N–H and O–H groups in total. The number of imide groups is 1. The summed E-state index contributed by atoms with van der Waals surface area (Å²) in [4.78, 5) is 25.2. The number of amides is 2. The predicted molar refractivity (Wildman–Crippen MR) is 79.2 cm³/mol. The van der Waals surface area contributed by atoms with Crippen LogP contribution in [-0.4, -0.2) is 34.4 Å². The van der Waals surface area contributed by atoms with Crippen LogP contribution in [0.25, 0.3) is 0 Å². The van der Waals surface area contributed by atoms with Crippen LogP contribution >= 0.6 is 11.6 Å². The number of ether oxygens (including phenoxy) is 1. The van der Waals surface area contributed by atoms with Crippen LogP contribution in [0.5, 0.6) is 0 Å². The van der Waals surface area contributed by atoms with E-state index in [-0.39, 0.29) is 23.4 Å². The van der Waals surface area contributed by atoms with Gasteiger partial charge in [-0.15, -0.1) is 11.6 Å². The number of nitrogens with zero attached hydrogens (tertiary/aromatic N) is 1. The number of halogens is 1. The zero-order valence-electron chi connectivity index (χ0n) is 11.8. The van der Waals surface area contributed by atoms with Crippen LogP contribution in [0.4, 0.5) is 4.79 Å². The van der Waals surface area contributed by atoms with E-state index < -0.39 is 6.09 Å². The fourth-order valence-electron chi connectivity index (χ4n) is 2.64. The molecule has 1 aromatic rings. The van der Waals surface area contributed by atoms with Crippen LogP contribution in [0.1, 0.15) is 31.2 Å². The zero-order valence-corrected chi connectivity index (χ0v) is 12.5. The lowest BCUT2D eigenvalue weighted by atomic mass is 10.1. The van der Waals surface area contributed by atoms with Crippen molar-refractivity contribution in [2.24, 2.45) is 0 Å². The molecule has 0 radical (unpaired) electrons. The SMILES string of the molecule is O=C(CCC1(Cl)CC1)N1C(=O)OC[C@H]1Cc1ccccc1. The Bertz CT molecular complexity index is 542. The van der Waals surface area contributed by atoms with E-state index in [0.717, 1.165) is 18.4 Å². The first-order chi connectivity index (χ1) is 10.1. The number of hydrogen-bond donors (Lipinski definition) is 0. The molecular formula is C16H18ClNO3. The van der Waals surface area contributed by atoms with E-state index in [4.69, 9.17) is 16.3 Å². The average Bonchev–Trinajstić information content (AvgIpc) is 3.11. The van der Waals surface area contributed by atoms with Crippen molar-refractivity contribution in [2.75, 3.05) is 6.61 Å². The van der Waals surface area contributed by atoms with Gasteiger partial charge in [-0.3, -0.25) is 4.79 Å².